The van der Waals surface area contributed by atoms with Gasteiger partial charge >= 0.3 is 0 Å². The molecule has 2 atom stereocenters. The number of carbonyl (C=O) groups is 3. The highest BCUT2D eigenvalue weighted by Gasteiger charge is 2.47. The van der Waals surface area contributed by atoms with Crippen molar-refractivity contribution in [1.82, 2.24) is 15.1 Å². The molecule has 3 amide bonds. The van der Waals surface area contributed by atoms with Crippen LogP contribution in [0.2, 0.25) is 0 Å². The first kappa shape index (κ1) is 24.2. The zero-order valence-electron chi connectivity index (χ0n) is 21.2. The minimum absolute atomic E-state index is 0.00738. The molecular weight excluding hydrogens is 466 g/mol. The number of fused-ring (bicyclic) bond motifs is 1. The molecule has 194 valence electrons. The zero-order chi connectivity index (χ0) is 25.4. The molecule has 37 heavy (non-hydrogen) atoms. The van der Waals surface area contributed by atoms with Crippen molar-refractivity contribution >= 4 is 17.7 Å². The third-order valence-corrected chi connectivity index (χ3v) is 8.70. The zero-order valence-corrected chi connectivity index (χ0v) is 21.2. The number of nitrogens with zero attached hydrogens (tertiary/aromatic N) is 2. The van der Waals surface area contributed by atoms with E-state index in [2.05, 4.69) is 17.4 Å². The van der Waals surface area contributed by atoms with Crippen molar-refractivity contribution in [3.63, 3.8) is 0 Å². The summed E-state index contributed by atoms with van der Waals surface area (Å²) in [5.41, 5.74) is 4.14. The summed E-state index contributed by atoms with van der Waals surface area (Å²) >= 11 is 0. The van der Waals surface area contributed by atoms with Crippen LogP contribution in [0.25, 0.3) is 0 Å². The highest BCUT2D eigenvalue weighted by molar-refractivity contribution is 5.97. The van der Waals surface area contributed by atoms with E-state index in [4.69, 9.17) is 4.74 Å². The SMILES string of the molecule is O=C1N[C@H](C2Cc3ccccc3C2)C(=O)N(Cc2ccc(C(=O)N3CCOCC3)cc2)[C@@H]1C1CCCC1. The predicted molar refractivity (Wildman–Crippen MR) is 139 cm³/mol. The van der Waals surface area contributed by atoms with E-state index in [1.54, 1.807) is 0 Å². The summed E-state index contributed by atoms with van der Waals surface area (Å²) in [6.45, 7) is 2.73. The van der Waals surface area contributed by atoms with Gasteiger partial charge in [-0.3, -0.25) is 14.4 Å². The number of morpholine rings is 1. The van der Waals surface area contributed by atoms with Crippen LogP contribution in [0.4, 0.5) is 0 Å². The van der Waals surface area contributed by atoms with Gasteiger partial charge in [0.2, 0.25) is 11.8 Å². The molecule has 2 saturated heterocycles. The number of nitrogens with one attached hydrogen (secondary N) is 1. The predicted octanol–water partition coefficient (Wildman–Crippen LogP) is 2.96. The summed E-state index contributed by atoms with van der Waals surface area (Å²) in [5, 5.41) is 3.16. The van der Waals surface area contributed by atoms with E-state index in [-0.39, 0.29) is 29.6 Å². The van der Waals surface area contributed by atoms with E-state index in [1.165, 1.54) is 11.1 Å². The van der Waals surface area contributed by atoms with Crippen molar-refractivity contribution in [2.75, 3.05) is 26.3 Å². The average Bonchev–Trinajstić information content (AvgIpc) is 3.61. The van der Waals surface area contributed by atoms with Crippen molar-refractivity contribution in [3.8, 4) is 0 Å². The minimum atomic E-state index is -0.500. The molecular formula is C30H35N3O4. The van der Waals surface area contributed by atoms with Crippen molar-refractivity contribution < 1.29 is 19.1 Å². The van der Waals surface area contributed by atoms with Gasteiger partial charge in [-0.1, -0.05) is 49.2 Å². The number of hydrogen-bond donors (Lipinski definition) is 1. The molecule has 3 fully saturated rings. The topological polar surface area (TPSA) is 79.0 Å². The van der Waals surface area contributed by atoms with Gasteiger partial charge in [-0.05, 0) is 66.3 Å². The summed E-state index contributed by atoms with van der Waals surface area (Å²) in [4.78, 5) is 44.0. The number of benzene rings is 2. The smallest absolute Gasteiger partial charge is 0.254 e. The molecule has 7 heteroatoms. The molecule has 6 rings (SSSR count). The Morgan fingerprint density at radius 1 is 0.892 bits per heavy atom. The van der Waals surface area contributed by atoms with E-state index >= 15 is 0 Å². The fourth-order valence-corrected chi connectivity index (χ4v) is 6.72. The van der Waals surface area contributed by atoms with Gasteiger partial charge < -0.3 is 19.9 Å². The molecule has 2 aromatic carbocycles. The van der Waals surface area contributed by atoms with Crippen molar-refractivity contribution in [1.29, 1.82) is 0 Å². The van der Waals surface area contributed by atoms with Crippen LogP contribution in [-0.2, 0) is 33.7 Å². The van der Waals surface area contributed by atoms with E-state index in [0.717, 1.165) is 44.1 Å². The van der Waals surface area contributed by atoms with Gasteiger partial charge in [-0.15, -0.1) is 0 Å². The first-order valence-corrected chi connectivity index (χ1v) is 13.7. The Bertz CT molecular complexity index is 1140. The van der Waals surface area contributed by atoms with Crippen LogP contribution in [0.3, 0.4) is 0 Å². The first-order chi connectivity index (χ1) is 18.1. The van der Waals surface area contributed by atoms with Gasteiger partial charge in [0.05, 0.1) is 13.2 Å². The van der Waals surface area contributed by atoms with Crippen LogP contribution >= 0.6 is 0 Å². The minimum Gasteiger partial charge on any atom is -0.378 e. The van der Waals surface area contributed by atoms with Crippen molar-refractivity contribution in [2.24, 2.45) is 11.8 Å². The highest BCUT2D eigenvalue weighted by atomic mass is 16.5. The second-order valence-corrected chi connectivity index (χ2v) is 11.0. The number of piperazine rings is 1. The van der Waals surface area contributed by atoms with E-state index in [1.807, 2.05) is 46.2 Å². The van der Waals surface area contributed by atoms with Gasteiger partial charge in [0, 0.05) is 25.2 Å². The van der Waals surface area contributed by atoms with Crippen LogP contribution in [0.15, 0.2) is 48.5 Å². The third kappa shape index (κ3) is 4.77. The van der Waals surface area contributed by atoms with Crippen LogP contribution in [0, 0.1) is 11.8 Å². The molecule has 2 aliphatic carbocycles. The molecule has 0 unspecified atom stereocenters. The van der Waals surface area contributed by atoms with Crippen LogP contribution in [0.1, 0.15) is 52.7 Å². The first-order valence-electron chi connectivity index (χ1n) is 13.7. The van der Waals surface area contributed by atoms with Crippen LogP contribution < -0.4 is 5.32 Å². The molecule has 0 bridgehead atoms. The normalized spacial score (nSPS) is 24.9. The lowest BCUT2D eigenvalue weighted by Gasteiger charge is -2.43. The summed E-state index contributed by atoms with van der Waals surface area (Å²) in [6, 6.07) is 15.0. The molecule has 0 radical (unpaired) electrons. The fraction of sp³-hybridized carbons (Fsp3) is 0.500. The number of carbonyl (C=O) groups excluding carboxylic acids is 3. The number of amides is 3. The lowest BCUT2D eigenvalue weighted by atomic mass is 9.87. The quantitative estimate of drug-likeness (QED) is 0.683. The Hall–Kier alpha value is -3.19. The maximum absolute atomic E-state index is 14.0. The lowest BCUT2D eigenvalue weighted by Crippen LogP contribution is -2.66. The summed E-state index contributed by atoms with van der Waals surface area (Å²) in [6.07, 6.45) is 5.80. The van der Waals surface area contributed by atoms with Crippen LogP contribution in [0.5, 0.6) is 0 Å². The molecule has 2 aliphatic heterocycles. The lowest BCUT2D eigenvalue weighted by molar-refractivity contribution is -0.154. The second-order valence-electron chi connectivity index (χ2n) is 11.0. The fourth-order valence-electron chi connectivity index (χ4n) is 6.72. The number of rotatable bonds is 5. The molecule has 1 N–H and O–H groups in total. The standard InChI is InChI=1S/C30H35N3O4/c34-28-27(21-5-1-2-6-21)33(30(36)26(31-28)25-17-23-7-3-4-8-24(23)18-25)19-20-9-11-22(12-10-20)29(35)32-13-15-37-16-14-32/h3-4,7-12,21,25-27H,1-2,5-6,13-19H2,(H,31,34)/t26-,27-/m1/s1. The Labute approximate surface area is 218 Å². The van der Waals surface area contributed by atoms with Crippen LogP contribution in [-0.4, -0.2) is 65.9 Å². The molecule has 4 aliphatic rings. The molecule has 1 saturated carbocycles. The Kier molecular flexibility index (Phi) is 6.72. The van der Waals surface area contributed by atoms with Gasteiger partial charge in [0.25, 0.3) is 5.91 Å². The highest BCUT2D eigenvalue weighted by Crippen LogP contribution is 2.36. The average molecular weight is 502 g/mol. The van der Waals surface area contributed by atoms with E-state index in [9.17, 15) is 14.4 Å². The summed E-state index contributed by atoms with van der Waals surface area (Å²) in [7, 11) is 0. The monoisotopic (exact) mass is 501 g/mol. The Morgan fingerprint density at radius 3 is 2.19 bits per heavy atom. The number of ether oxygens (including phenoxy) is 1. The van der Waals surface area contributed by atoms with Gasteiger partial charge in [0.15, 0.2) is 0 Å². The molecule has 2 heterocycles. The van der Waals surface area contributed by atoms with Crippen molar-refractivity contribution in [2.45, 2.75) is 57.2 Å². The maximum atomic E-state index is 14.0. The molecule has 7 nitrogen and oxygen atoms in total. The maximum Gasteiger partial charge on any atom is 0.254 e. The van der Waals surface area contributed by atoms with E-state index < -0.39 is 12.1 Å². The second kappa shape index (κ2) is 10.3. The molecule has 2 aromatic rings. The number of hydrogen-bond acceptors (Lipinski definition) is 4. The van der Waals surface area contributed by atoms with Gasteiger partial charge in [-0.2, -0.15) is 0 Å². The molecule has 0 spiro atoms. The molecule has 0 aromatic heterocycles. The van der Waals surface area contributed by atoms with Gasteiger partial charge in [0.1, 0.15) is 12.1 Å². The van der Waals surface area contributed by atoms with Crippen molar-refractivity contribution in [3.05, 3.63) is 70.8 Å². The van der Waals surface area contributed by atoms with E-state index in [0.29, 0.717) is 38.4 Å². The summed E-state index contributed by atoms with van der Waals surface area (Å²) < 4.78 is 5.36. The third-order valence-electron chi connectivity index (χ3n) is 8.70. The Balaban J connectivity index is 1.22. The van der Waals surface area contributed by atoms with Gasteiger partial charge in [-0.25, -0.2) is 0 Å². The largest absolute Gasteiger partial charge is 0.378 e. The Morgan fingerprint density at radius 2 is 1.54 bits per heavy atom. The summed E-state index contributed by atoms with van der Waals surface area (Å²) in [5.74, 6) is 0.310.